The Labute approximate surface area is 87.9 Å². The van der Waals surface area contributed by atoms with Gasteiger partial charge in [0.1, 0.15) is 0 Å². The molecule has 0 spiro atoms. The molecule has 4 nitrogen and oxygen atoms in total. The maximum absolute atomic E-state index is 5.69. The summed E-state index contributed by atoms with van der Waals surface area (Å²) in [6.07, 6.45) is 1.75. The third kappa shape index (κ3) is 1.71. The molecule has 1 unspecified atom stereocenters. The fourth-order valence-corrected chi connectivity index (χ4v) is 1.22. The van der Waals surface area contributed by atoms with E-state index in [1.54, 1.807) is 6.20 Å². The lowest BCUT2D eigenvalue weighted by Gasteiger charge is -2.01. The van der Waals surface area contributed by atoms with Crippen LogP contribution in [0, 0.1) is 6.92 Å². The summed E-state index contributed by atoms with van der Waals surface area (Å²) in [5.41, 5.74) is 8.12. The molecule has 2 aromatic rings. The smallest absolute Gasteiger partial charge is 0.170 e. The first-order valence-electron chi connectivity index (χ1n) is 4.16. The van der Waals surface area contributed by atoms with Gasteiger partial charge >= 0.3 is 0 Å². The molecule has 0 fully saturated rings. The van der Waals surface area contributed by atoms with Gasteiger partial charge in [0, 0.05) is 18.3 Å². The molecule has 0 bridgehead atoms. The first-order chi connectivity index (χ1) is 6.18. The number of rotatable bonds is 1. The van der Waals surface area contributed by atoms with Crippen LogP contribution in [-0.2, 0) is 0 Å². The molecule has 14 heavy (non-hydrogen) atoms. The van der Waals surface area contributed by atoms with E-state index in [0.717, 1.165) is 22.4 Å². The van der Waals surface area contributed by atoms with E-state index >= 15 is 0 Å². The Morgan fingerprint density at radius 2 is 2.21 bits per heavy atom. The lowest BCUT2D eigenvalue weighted by Crippen LogP contribution is -2.06. The Kier molecular flexibility index (Phi) is 3.08. The summed E-state index contributed by atoms with van der Waals surface area (Å²) in [7, 11) is 0. The molecule has 2 heterocycles. The van der Waals surface area contributed by atoms with E-state index in [1.807, 2.05) is 19.9 Å². The van der Waals surface area contributed by atoms with Crippen molar-refractivity contribution in [3.8, 4) is 0 Å². The fourth-order valence-electron chi connectivity index (χ4n) is 1.22. The summed E-state index contributed by atoms with van der Waals surface area (Å²) in [6.45, 7) is 3.77. The first kappa shape index (κ1) is 10.9. The highest BCUT2D eigenvalue weighted by molar-refractivity contribution is 5.85. The number of aromatic nitrogens is 2. The van der Waals surface area contributed by atoms with Gasteiger partial charge in [-0.3, -0.25) is 4.98 Å². The maximum atomic E-state index is 5.69. The Bertz CT molecular complexity index is 439. The maximum Gasteiger partial charge on any atom is 0.170 e. The zero-order chi connectivity index (χ0) is 9.42. The summed E-state index contributed by atoms with van der Waals surface area (Å²) in [6, 6.07) is 1.76. The van der Waals surface area contributed by atoms with Crippen molar-refractivity contribution in [2.75, 3.05) is 0 Å². The van der Waals surface area contributed by atoms with Gasteiger partial charge in [-0.1, -0.05) is 5.16 Å². The van der Waals surface area contributed by atoms with Crippen molar-refractivity contribution in [3.05, 3.63) is 23.7 Å². The summed E-state index contributed by atoms with van der Waals surface area (Å²) >= 11 is 0. The van der Waals surface area contributed by atoms with Crippen LogP contribution in [0.2, 0.25) is 0 Å². The number of nitrogens with zero attached hydrogens (tertiary/aromatic N) is 2. The fraction of sp³-hybridized carbons (Fsp3) is 0.333. The number of pyridine rings is 1. The summed E-state index contributed by atoms with van der Waals surface area (Å²) in [4.78, 5) is 4.21. The van der Waals surface area contributed by atoms with Gasteiger partial charge < -0.3 is 10.3 Å². The zero-order valence-corrected chi connectivity index (χ0v) is 8.84. The van der Waals surface area contributed by atoms with Crippen LogP contribution in [0.15, 0.2) is 16.8 Å². The van der Waals surface area contributed by atoms with Crippen molar-refractivity contribution in [3.63, 3.8) is 0 Å². The molecular weight excluding hydrogens is 202 g/mol. The highest BCUT2D eigenvalue weighted by Crippen LogP contribution is 2.19. The first-order valence-corrected chi connectivity index (χ1v) is 4.16. The Morgan fingerprint density at radius 1 is 1.50 bits per heavy atom. The minimum absolute atomic E-state index is 0. The van der Waals surface area contributed by atoms with Gasteiger partial charge in [0.05, 0.1) is 16.8 Å². The topological polar surface area (TPSA) is 64.9 Å². The molecule has 5 heteroatoms. The standard InChI is InChI=1S/C9H11N3O.ClH/c1-5(10)8-3-9-7(4-11-8)6(2)12-13-9;/h3-5H,10H2,1-2H3;1H. The van der Waals surface area contributed by atoms with E-state index in [4.69, 9.17) is 10.3 Å². The second-order valence-electron chi connectivity index (χ2n) is 3.16. The molecule has 0 saturated heterocycles. The Morgan fingerprint density at radius 3 is 2.86 bits per heavy atom. The number of halogens is 1. The normalized spacial score (nSPS) is 12.5. The number of hydrogen-bond acceptors (Lipinski definition) is 4. The second-order valence-corrected chi connectivity index (χ2v) is 3.16. The van der Waals surface area contributed by atoms with Gasteiger partial charge in [-0.2, -0.15) is 0 Å². The summed E-state index contributed by atoms with van der Waals surface area (Å²) in [5.74, 6) is 0. The van der Waals surface area contributed by atoms with Gasteiger partial charge in [-0.15, -0.1) is 12.4 Å². The monoisotopic (exact) mass is 213 g/mol. The van der Waals surface area contributed by atoms with E-state index in [0.29, 0.717) is 0 Å². The summed E-state index contributed by atoms with van der Waals surface area (Å²) in [5, 5.41) is 4.79. The van der Waals surface area contributed by atoms with Crippen LogP contribution in [0.4, 0.5) is 0 Å². The quantitative estimate of drug-likeness (QED) is 0.787. The molecule has 0 amide bonds. The largest absolute Gasteiger partial charge is 0.356 e. The van der Waals surface area contributed by atoms with E-state index in [1.165, 1.54) is 0 Å². The average molecular weight is 214 g/mol. The number of hydrogen-bond donors (Lipinski definition) is 1. The second kappa shape index (κ2) is 3.94. The molecule has 0 aliphatic carbocycles. The van der Waals surface area contributed by atoms with Crippen LogP contribution in [0.3, 0.4) is 0 Å². The van der Waals surface area contributed by atoms with E-state index in [-0.39, 0.29) is 18.4 Å². The van der Waals surface area contributed by atoms with E-state index < -0.39 is 0 Å². The van der Waals surface area contributed by atoms with Crippen LogP contribution >= 0.6 is 12.4 Å². The predicted octanol–water partition coefficient (Wildman–Crippen LogP) is 1.97. The van der Waals surface area contributed by atoms with Gasteiger partial charge in [-0.05, 0) is 13.8 Å². The zero-order valence-electron chi connectivity index (χ0n) is 8.02. The molecule has 76 valence electrons. The molecule has 2 N–H and O–H groups in total. The predicted molar refractivity (Wildman–Crippen MR) is 56.4 cm³/mol. The van der Waals surface area contributed by atoms with Crippen LogP contribution in [0.1, 0.15) is 24.4 Å². The molecule has 0 aliphatic rings. The average Bonchev–Trinajstić information content (AvgIpc) is 2.47. The summed E-state index contributed by atoms with van der Waals surface area (Å²) < 4.78 is 5.09. The lowest BCUT2D eigenvalue weighted by molar-refractivity contribution is 0.450. The van der Waals surface area contributed by atoms with Crippen molar-refractivity contribution in [1.82, 2.24) is 10.1 Å². The molecule has 0 aliphatic heterocycles. The minimum Gasteiger partial charge on any atom is -0.356 e. The molecule has 1 atom stereocenters. The van der Waals surface area contributed by atoms with Gasteiger partial charge in [-0.25, -0.2) is 0 Å². The molecule has 0 aromatic carbocycles. The van der Waals surface area contributed by atoms with Gasteiger partial charge in [0.25, 0.3) is 0 Å². The lowest BCUT2D eigenvalue weighted by atomic mass is 10.2. The number of aryl methyl sites for hydroxylation is 1. The molecule has 2 rings (SSSR count). The molecular formula is C9H12ClN3O. The molecule has 0 saturated carbocycles. The number of fused-ring (bicyclic) bond motifs is 1. The third-order valence-corrected chi connectivity index (χ3v) is 2.02. The highest BCUT2D eigenvalue weighted by atomic mass is 35.5. The van der Waals surface area contributed by atoms with E-state index in [2.05, 4.69) is 10.1 Å². The van der Waals surface area contributed by atoms with Crippen molar-refractivity contribution in [2.24, 2.45) is 5.73 Å². The molecule has 2 aromatic heterocycles. The minimum atomic E-state index is -0.0743. The van der Waals surface area contributed by atoms with Crippen molar-refractivity contribution in [2.45, 2.75) is 19.9 Å². The Hall–Kier alpha value is -1.13. The van der Waals surface area contributed by atoms with E-state index in [9.17, 15) is 0 Å². The van der Waals surface area contributed by atoms with Gasteiger partial charge in [0.15, 0.2) is 5.58 Å². The van der Waals surface area contributed by atoms with Crippen molar-refractivity contribution < 1.29 is 4.52 Å². The van der Waals surface area contributed by atoms with Crippen LogP contribution < -0.4 is 5.73 Å². The van der Waals surface area contributed by atoms with Crippen LogP contribution in [0.25, 0.3) is 11.0 Å². The SMILES string of the molecule is Cc1noc2cc(C(C)N)ncc12.Cl. The molecule has 0 radical (unpaired) electrons. The third-order valence-electron chi connectivity index (χ3n) is 2.02. The van der Waals surface area contributed by atoms with Crippen LogP contribution in [-0.4, -0.2) is 10.1 Å². The van der Waals surface area contributed by atoms with Crippen LogP contribution in [0.5, 0.6) is 0 Å². The van der Waals surface area contributed by atoms with Crippen molar-refractivity contribution in [1.29, 1.82) is 0 Å². The van der Waals surface area contributed by atoms with Gasteiger partial charge in [0.2, 0.25) is 0 Å². The van der Waals surface area contributed by atoms with Crippen molar-refractivity contribution >= 4 is 23.4 Å². The Balaban J connectivity index is 0.000000980. The number of nitrogens with two attached hydrogens (primary N) is 1. The highest BCUT2D eigenvalue weighted by Gasteiger charge is 2.07.